The Morgan fingerprint density at radius 3 is 2.10 bits per heavy atom. The first-order valence-electron chi connectivity index (χ1n) is 10.2. The second-order valence-corrected chi connectivity index (χ2v) is 7.38. The molecule has 1 nitrogen and oxygen atoms in total. The molecule has 0 spiro atoms. The minimum absolute atomic E-state index is 0.827. The Kier molecular flexibility index (Phi) is 6.39. The highest BCUT2D eigenvalue weighted by Gasteiger charge is 2.14. The molecular formula is C28H30O. The zero-order valence-electron chi connectivity index (χ0n) is 18.0. The number of benzene rings is 3. The van der Waals surface area contributed by atoms with Crippen molar-refractivity contribution in [3.05, 3.63) is 102 Å². The van der Waals surface area contributed by atoms with Crippen molar-refractivity contribution in [2.24, 2.45) is 0 Å². The molecule has 0 N–H and O–H groups in total. The number of rotatable bonds is 7. The van der Waals surface area contributed by atoms with E-state index in [1.54, 1.807) is 7.11 Å². The molecule has 3 aromatic carbocycles. The second-order valence-electron chi connectivity index (χ2n) is 7.38. The zero-order chi connectivity index (χ0) is 21.0. The molecular weight excluding hydrogens is 352 g/mol. The molecule has 0 heterocycles. The highest BCUT2D eigenvalue weighted by Crippen LogP contribution is 2.35. The van der Waals surface area contributed by atoms with Gasteiger partial charge in [0.2, 0.25) is 0 Å². The van der Waals surface area contributed by atoms with Crippen molar-refractivity contribution in [2.75, 3.05) is 7.11 Å². The summed E-state index contributed by atoms with van der Waals surface area (Å²) < 4.78 is 5.35. The minimum Gasteiger partial charge on any atom is -0.497 e. The van der Waals surface area contributed by atoms with Gasteiger partial charge in [-0.05, 0) is 82.0 Å². The van der Waals surface area contributed by atoms with Gasteiger partial charge in [-0.3, -0.25) is 0 Å². The van der Waals surface area contributed by atoms with Crippen LogP contribution in [0.15, 0.2) is 73.8 Å². The highest BCUT2D eigenvalue weighted by atomic mass is 16.5. The monoisotopic (exact) mass is 382 g/mol. The van der Waals surface area contributed by atoms with Crippen molar-refractivity contribution >= 4 is 11.1 Å². The van der Waals surface area contributed by atoms with Crippen LogP contribution in [0.25, 0.3) is 22.3 Å². The quantitative estimate of drug-likeness (QED) is 0.384. The molecule has 0 aromatic heterocycles. The van der Waals surface area contributed by atoms with Crippen LogP contribution in [0.1, 0.15) is 41.7 Å². The molecule has 29 heavy (non-hydrogen) atoms. The lowest BCUT2D eigenvalue weighted by Crippen LogP contribution is -1.97. The van der Waals surface area contributed by atoms with Crippen LogP contribution in [0, 0.1) is 6.92 Å². The van der Waals surface area contributed by atoms with Crippen LogP contribution in [0.2, 0.25) is 0 Å². The lowest BCUT2D eigenvalue weighted by atomic mass is 9.87. The first-order valence-corrected chi connectivity index (χ1v) is 10.2. The molecule has 1 heteroatoms. The van der Waals surface area contributed by atoms with Crippen molar-refractivity contribution in [3.63, 3.8) is 0 Å². The van der Waals surface area contributed by atoms with E-state index < -0.39 is 0 Å². The minimum atomic E-state index is 0.827. The van der Waals surface area contributed by atoms with E-state index in [1.807, 2.05) is 24.3 Å². The molecule has 0 atom stereocenters. The Morgan fingerprint density at radius 2 is 1.45 bits per heavy atom. The largest absolute Gasteiger partial charge is 0.497 e. The van der Waals surface area contributed by atoms with Crippen molar-refractivity contribution in [3.8, 4) is 16.9 Å². The maximum Gasteiger partial charge on any atom is 0.119 e. The molecule has 0 fully saturated rings. The van der Waals surface area contributed by atoms with Gasteiger partial charge in [-0.2, -0.15) is 0 Å². The number of allylic oxidation sites excluding steroid dienone is 2. The molecule has 0 amide bonds. The first-order chi connectivity index (χ1) is 14.0. The standard InChI is InChI=1S/C28H30O/c1-7-22-12-9-11-19(3)28(22)27-16-15-25(17-23(27)8-2)21(5)20(4)24-13-10-14-26(18-24)29-6/h9-18H,4-5,7-8H2,1-3,6H3. The number of aryl methyl sites for hydroxylation is 3. The first kappa shape index (κ1) is 20.7. The number of methoxy groups -OCH3 is 1. The topological polar surface area (TPSA) is 9.23 Å². The average Bonchev–Trinajstić information content (AvgIpc) is 2.77. The lowest BCUT2D eigenvalue weighted by Gasteiger charge is -2.18. The van der Waals surface area contributed by atoms with Gasteiger partial charge >= 0.3 is 0 Å². The number of hydrogen-bond acceptors (Lipinski definition) is 1. The maximum atomic E-state index is 5.35. The van der Waals surface area contributed by atoms with Gasteiger partial charge in [-0.15, -0.1) is 0 Å². The molecule has 0 aliphatic heterocycles. The summed E-state index contributed by atoms with van der Waals surface area (Å²) in [6.07, 6.45) is 2.00. The van der Waals surface area contributed by atoms with Crippen molar-refractivity contribution in [1.82, 2.24) is 0 Å². The lowest BCUT2D eigenvalue weighted by molar-refractivity contribution is 0.414. The Balaban J connectivity index is 2.01. The predicted molar refractivity (Wildman–Crippen MR) is 126 cm³/mol. The predicted octanol–water partition coefficient (Wildman–Crippen LogP) is 7.52. The van der Waals surface area contributed by atoms with E-state index in [-0.39, 0.29) is 0 Å². The summed E-state index contributed by atoms with van der Waals surface area (Å²) in [5, 5.41) is 0. The molecule has 0 radical (unpaired) electrons. The van der Waals surface area contributed by atoms with Crippen LogP contribution < -0.4 is 4.74 Å². The van der Waals surface area contributed by atoms with Crippen LogP contribution in [0.4, 0.5) is 0 Å². The molecule has 0 bridgehead atoms. The molecule has 148 valence electrons. The smallest absolute Gasteiger partial charge is 0.119 e. The third-order valence-corrected chi connectivity index (χ3v) is 5.63. The Morgan fingerprint density at radius 1 is 0.793 bits per heavy atom. The van der Waals surface area contributed by atoms with Crippen molar-refractivity contribution in [1.29, 1.82) is 0 Å². The van der Waals surface area contributed by atoms with E-state index in [4.69, 9.17) is 4.74 Å². The van der Waals surface area contributed by atoms with Gasteiger partial charge in [0.15, 0.2) is 0 Å². The van der Waals surface area contributed by atoms with Gasteiger partial charge in [0.05, 0.1) is 7.11 Å². The number of hydrogen-bond donors (Lipinski definition) is 0. The van der Waals surface area contributed by atoms with Crippen LogP contribution in [0.5, 0.6) is 5.75 Å². The SMILES string of the molecule is C=C(C(=C)c1ccc(-c2c(C)cccc2CC)c(CC)c1)c1cccc(OC)c1. The number of ether oxygens (including phenoxy) is 1. The highest BCUT2D eigenvalue weighted by molar-refractivity contribution is 6.03. The molecule has 0 saturated heterocycles. The van der Waals surface area contributed by atoms with Gasteiger partial charge in [0.25, 0.3) is 0 Å². The summed E-state index contributed by atoms with van der Waals surface area (Å²) in [7, 11) is 1.68. The van der Waals surface area contributed by atoms with Gasteiger partial charge in [-0.1, -0.05) is 75.5 Å². The molecule has 0 saturated carbocycles. The Labute approximate surface area is 175 Å². The van der Waals surface area contributed by atoms with Gasteiger partial charge in [0.1, 0.15) is 5.75 Å². The van der Waals surface area contributed by atoms with E-state index in [0.717, 1.165) is 40.9 Å². The summed E-state index contributed by atoms with van der Waals surface area (Å²) in [5.74, 6) is 0.827. The molecule has 0 unspecified atom stereocenters. The van der Waals surface area contributed by atoms with Crippen molar-refractivity contribution in [2.45, 2.75) is 33.6 Å². The Bertz CT molecular complexity index is 1060. The van der Waals surface area contributed by atoms with Gasteiger partial charge in [0, 0.05) is 0 Å². The normalized spacial score (nSPS) is 10.6. The van der Waals surface area contributed by atoms with E-state index >= 15 is 0 Å². The fourth-order valence-corrected chi connectivity index (χ4v) is 3.89. The zero-order valence-corrected chi connectivity index (χ0v) is 18.0. The molecule has 0 aliphatic carbocycles. The third-order valence-electron chi connectivity index (χ3n) is 5.63. The summed E-state index contributed by atoms with van der Waals surface area (Å²) in [4.78, 5) is 0. The fraction of sp³-hybridized carbons (Fsp3) is 0.214. The summed E-state index contributed by atoms with van der Waals surface area (Å²) >= 11 is 0. The van der Waals surface area contributed by atoms with Crippen LogP contribution in [0.3, 0.4) is 0 Å². The fourth-order valence-electron chi connectivity index (χ4n) is 3.89. The van der Waals surface area contributed by atoms with Crippen molar-refractivity contribution < 1.29 is 4.74 Å². The summed E-state index contributed by atoms with van der Waals surface area (Å²) in [6.45, 7) is 15.3. The van der Waals surface area contributed by atoms with Crippen LogP contribution in [-0.2, 0) is 12.8 Å². The van der Waals surface area contributed by atoms with Crippen LogP contribution in [-0.4, -0.2) is 7.11 Å². The Hall–Kier alpha value is -3.06. The molecule has 0 aliphatic rings. The van der Waals surface area contributed by atoms with Crippen LogP contribution >= 0.6 is 0 Å². The summed E-state index contributed by atoms with van der Waals surface area (Å²) in [6, 6.07) is 21.3. The van der Waals surface area contributed by atoms with E-state index in [9.17, 15) is 0 Å². The van der Waals surface area contributed by atoms with E-state index in [1.165, 1.54) is 27.8 Å². The van der Waals surface area contributed by atoms with E-state index in [0.29, 0.717) is 0 Å². The van der Waals surface area contributed by atoms with E-state index in [2.05, 4.69) is 70.3 Å². The molecule has 3 rings (SSSR count). The third kappa shape index (κ3) is 4.19. The van der Waals surface area contributed by atoms with Gasteiger partial charge in [-0.25, -0.2) is 0 Å². The second kappa shape index (κ2) is 8.96. The average molecular weight is 383 g/mol. The van der Waals surface area contributed by atoms with Gasteiger partial charge < -0.3 is 4.74 Å². The molecule has 3 aromatic rings. The summed E-state index contributed by atoms with van der Waals surface area (Å²) in [5.41, 5.74) is 10.8. The maximum absolute atomic E-state index is 5.35.